The number of carbonyl (C=O) groups excluding carboxylic acids is 2. The molecule has 1 atom stereocenters. The highest BCUT2D eigenvalue weighted by Gasteiger charge is 2.26. The van der Waals surface area contributed by atoms with Crippen molar-refractivity contribution >= 4 is 41.1 Å². The van der Waals surface area contributed by atoms with Crippen LogP contribution in [0.25, 0.3) is 6.08 Å². The van der Waals surface area contributed by atoms with E-state index in [-0.39, 0.29) is 11.8 Å². The molecule has 2 aliphatic heterocycles. The minimum atomic E-state index is -0.0901. The summed E-state index contributed by atoms with van der Waals surface area (Å²) in [6, 6.07) is 6.40. The van der Waals surface area contributed by atoms with Crippen LogP contribution in [0.5, 0.6) is 0 Å². The molecule has 1 aromatic rings. The van der Waals surface area contributed by atoms with Gasteiger partial charge in [0.25, 0.3) is 0 Å². The van der Waals surface area contributed by atoms with Crippen molar-refractivity contribution in [3.8, 4) is 0 Å². The molecule has 2 fully saturated rings. The lowest BCUT2D eigenvalue weighted by Crippen LogP contribution is -2.54. The highest BCUT2D eigenvalue weighted by molar-refractivity contribution is 6.42. The Balaban J connectivity index is 1.44. The predicted octanol–water partition coefficient (Wildman–Crippen LogP) is 3.87. The van der Waals surface area contributed by atoms with Gasteiger partial charge in [0, 0.05) is 70.4 Å². The molecule has 8 heteroatoms. The summed E-state index contributed by atoms with van der Waals surface area (Å²) in [5.41, 5.74) is 0.814. The highest BCUT2D eigenvalue weighted by Crippen LogP contribution is 2.23. The number of rotatable bonds is 7. The van der Waals surface area contributed by atoms with Crippen LogP contribution in [-0.4, -0.2) is 95.9 Å². The molecule has 1 aromatic carbocycles. The van der Waals surface area contributed by atoms with Crippen molar-refractivity contribution in [2.45, 2.75) is 45.7 Å². The SMILES string of the molecule is CC(C)N1CCN(CCCN2CCN(C(=O)C=Cc3ccc(Cl)c(Cl)c3)CCC2=O)CC1C. The van der Waals surface area contributed by atoms with Crippen LogP contribution in [0.15, 0.2) is 24.3 Å². The van der Waals surface area contributed by atoms with Crippen molar-refractivity contribution in [1.82, 2.24) is 19.6 Å². The molecular weight excluding hydrogens is 459 g/mol. The molecule has 2 aliphatic rings. The summed E-state index contributed by atoms with van der Waals surface area (Å²) in [5.74, 6) is 0.0458. The van der Waals surface area contributed by atoms with Gasteiger partial charge in [-0.05, 0) is 57.5 Å². The molecule has 182 valence electrons. The highest BCUT2D eigenvalue weighted by atomic mass is 35.5. The number of piperazine rings is 1. The van der Waals surface area contributed by atoms with E-state index in [0.29, 0.717) is 48.2 Å². The topological polar surface area (TPSA) is 47.1 Å². The lowest BCUT2D eigenvalue weighted by Gasteiger charge is -2.42. The van der Waals surface area contributed by atoms with Gasteiger partial charge >= 0.3 is 0 Å². The predicted molar refractivity (Wildman–Crippen MR) is 136 cm³/mol. The Bertz CT molecular complexity index is 861. The van der Waals surface area contributed by atoms with Gasteiger partial charge in [-0.2, -0.15) is 0 Å². The molecule has 0 saturated carbocycles. The minimum Gasteiger partial charge on any atom is -0.341 e. The second-order valence-electron chi connectivity index (χ2n) is 9.30. The van der Waals surface area contributed by atoms with Crippen molar-refractivity contribution < 1.29 is 9.59 Å². The van der Waals surface area contributed by atoms with Crippen LogP contribution in [0.1, 0.15) is 39.2 Å². The maximum absolute atomic E-state index is 12.7. The zero-order valence-electron chi connectivity index (χ0n) is 20.0. The van der Waals surface area contributed by atoms with Crippen LogP contribution >= 0.6 is 23.2 Å². The number of benzene rings is 1. The van der Waals surface area contributed by atoms with E-state index in [1.54, 1.807) is 23.1 Å². The Morgan fingerprint density at radius 3 is 2.58 bits per heavy atom. The number of hydrogen-bond acceptors (Lipinski definition) is 4. The molecule has 2 saturated heterocycles. The number of carbonyl (C=O) groups is 2. The zero-order valence-corrected chi connectivity index (χ0v) is 21.5. The monoisotopic (exact) mass is 494 g/mol. The van der Waals surface area contributed by atoms with Gasteiger partial charge in [0.05, 0.1) is 10.0 Å². The van der Waals surface area contributed by atoms with Crippen molar-refractivity contribution in [3.63, 3.8) is 0 Å². The smallest absolute Gasteiger partial charge is 0.246 e. The summed E-state index contributed by atoms with van der Waals surface area (Å²) < 4.78 is 0. The molecular formula is C25H36Cl2N4O2. The first-order valence-corrected chi connectivity index (χ1v) is 12.7. The first-order chi connectivity index (χ1) is 15.7. The fourth-order valence-electron chi connectivity index (χ4n) is 4.72. The first-order valence-electron chi connectivity index (χ1n) is 11.9. The van der Waals surface area contributed by atoms with Crippen molar-refractivity contribution in [2.24, 2.45) is 0 Å². The Morgan fingerprint density at radius 2 is 1.88 bits per heavy atom. The molecule has 0 N–H and O–H groups in total. The number of halogens is 2. The van der Waals surface area contributed by atoms with E-state index >= 15 is 0 Å². The molecule has 0 aromatic heterocycles. The fourth-order valence-corrected chi connectivity index (χ4v) is 5.02. The minimum absolute atomic E-state index is 0.0901. The van der Waals surface area contributed by atoms with E-state index in [1.807, 2.05) is 11.0 Å². The molecule has 0 radical (unpaired) electrons. The van der Waals surface area contributed by atoms with Gasteiger partial charge in [-0.1, -0.05) is 29.3 Å². The van der Waals surface area contributed by atoms with Crippen LogP contribution in [0, 0.1) is 0 Å². The summed E-state index contributed by atoms with van der Waals surface area (Å²) in [6.07, 6.45) is 4.61. The van der Waals surface area contributed by atoms with E-state index in [2.05, 4.69) is 30.6 Å². The fraction of sp³-hybridized carbons (Fsp3) is 0.600. The summed E-state index contributed by atoms with van der Waals surface area (Å²) in [5, 5.41) is 0.942. The third-order valence-electron chi connectivity index (χ3n) is 6.59. The van der Waals surface area contributed by atoms with Crippen molar-refractivity contribution in [2.75, 3.05) is 52.4 Å². The number of hydrogen-bond donors (Lipinski definition) is 0. The largest absolute Gasteiger partial charge is 0.341 e. The lowest BCUT2D eigenvalue weighted by atomic mass is 10.1. The van der Waals surface area contributed by atoms with Gasteiger partial charge in [0.1, 0.15) is 0 Å². The number of nitrogens with zero attached hydrogens (tertiary/aromatic N) is 4. The van der Waals surface area contributed by atoms with Crippen molar-refractivity contribution in [3.05, 3.63) is 39.9 Å². The summed E-state index contributed by atoms with van der Waals surface area (Å²) in [4.78, 5) is 34.0. The zero-order chi connectivity index (χ0) is 24.0. The molecule has 6 nitrogen and oxygen atoms in total. The second kappa shape index (κ2) is 12.2. The third-order valence-corrected chi connectivity index (χ3v) is 7.33. The van der Waals surface area contributed by atoms with Gasteiger partial charge in [0.15, 0.2) is 0 Å². The quantitative estimate of drug-likeness (QED) is 0.539. The molecule has 33 heavy (non-hydrogen) atoms. The Labute approximate surface area is 208 Å². The van der Waals surface area contributed by atoms with E-state index in [0.717, 1.165) is 44.7 Å². The van der Waals surface area contributed by atoms with Crippen LogP contribution < -0.4 is 0 Å². The van der Waals surface area contributed by atoms with Gasteiger partial charge < -0.3 is 14.7 Å². The van der Waals surface area contributed by atoms with E-state index in [4.69, 9.17) is 23.2 Å². The Hall–Kier alpha value is -1.60. The Morgan fingerprint density at radius 1 is 1.09 bits per heavy atom. The average Bonchev–Trinajstić information content (AvgIpc) is 2.96. The van der Waals surface area contributed by atoms with Crippen LogP contribution in [-0.2, 0) is 9.59 Å². The Kier molecular flexibility index (Phi) is 9.62. The van der Waals surface area contributed by atoms with Crippen LogP contribution in [0.2, 0.25) is 10.0 Å². The van der Waals surface area contributed by atoms with E-state index < -0.39 is 0 Å². The summed E-state index contributed by atoms with van der Waals surface area (Å²) in [7, 11) is 0. The van der Waals surface area contributed by atoms with Crippen LogP contribution in [0.3, 0.4) is 0 Å². The second-order valence-corrected chi connectivity index (χ2v) is 10.1. The molecule has 0 aliphatic carbocycles. The van der Waals surface area contributed by atoms with Gasteiger partial charge in [-0.15, -0.1) is 0 Å². The van der Waals surface area contributed by atoms with Gasteiger partial charge in [-0.25, -0.2) is 0 Å². The first kappa shape index (κ1) is 26.0. The van der Waals surface area contributed by atoms with E-state index in [1.165, 1.54) is 6.08 Å². The van der Waals surface area contributed by atoms with Gasteiger partial charge in [0.2, 0.25) is 11.8 Å². The van der Waals surface area contributed by atoms with Gasteiger partial charge in [-0.3, -0.25) is 14.5 Å². The molecule has 1 unspecified atom stereocenters. The standard InChI is InChI=1S/C25H36Cl2N4O2/c1-19(2)31-16-13-28(18-20(31)3)10-4-11-29-14-15-30(12-9-25(29)33)24(32)8-6-21-5-7-22(26)23(27)17-21/h5-8,17,19-20H,4,9-16,18H2,1-3H3. The van der Waals surface area contributed by atoms with E-state index in [9.17, 15) is 9.59 Å². The maximum atomic E-state index is 12.7. The normalized spacial score (nSPS) is 21.3. The molecule has 2 amide bonds. The lowest BCUT2D eigenvalue weighted by molar-refractivity contribution is -0.130. The number of amides is 2. The van der Waals surface area contributed by atoms with Crippen LogP contribution in [0.4, 0.5) is 0 Å². The molecule has 3 rings (SSSR count). The molecule has 2 heterocycles. The third kappa shape index (κ3) is 7.44. The van der Waals surface area contributed by atoms with Crippen molar-refractivity contribution in [1.29, 1.82) is 0 Å². The molecule has 0 spiro atoms. The maximum Gasteiger partial charge on any atom is 0.246 e. The average molecular weight is 495 g/mol. The summed E-state index contributed by atoms with van der Waals surface area (Å²) >= 11 is 12.0. The summed E-state index contributed by atoms with van der Waals surface area (Å²) in [6.45, 7) is 13.4. The molecule has 0 bridgehead atoms.